The summed E-state index contributed by atoms with van der Waals surface area (Å²) in [5, 5.41) is 13.3. The number of aromatic hydroxyl groups is 1. The molecule has 0 spiro atoms. The van der Waals surface area contributed by atoms with Gasteiger partial charge in [0.25, 0.3) is 0 Å². The number of benzene rings is 1. The number of phenolic OH excluding ortho intramolecular Hbond substituents is 1. The van der Waals surface area contributed by atoms with Gasteiger partial charge in [-0.15, -0.1) is 0 Å². The van der Waals surface area contributed by atoms with Crippen LogP contribution in [0.25, 0.3) is 11.1 Å². The molecule has 2 rings (SSSR count). The third-order valence-corrected chi connectivity index (χ3v) is 2.48. The van der Waals surface area contributed by atoms with Crippen molar-refractivity contribution in [3.8, 4) is 16.9 Å². The molecule has 13 heavy (non-hydrogen) atoms. The maximum atomic E-state index is 12.6. The first-order valence-electron chi connectivity index (χ1n) is 3.78. The van der Waals surface area contributed by atoms with Gasteiger partial charge in [0.15, 0.2) is 0 Å². The van der Waals surface area contributed by atoms with Crippen LogP contribution in [0, 0.1) is 5.82 Å². The largest absolute Gasteiger partial charge is 0.507 e. The van der Waals surface area contributed by atoms with Crippen molar-refractivity contribution in [2.45, 2.75) is 0 Å². The van der Waals surface area contributed by atoms with Gasteiger partial charge >= 0.3 is 0 Å². The van der Waals surface area contributed by atoms with Crippen molar-refractivity contribution in [1.82, 2.24) is 0 Å². The molecule has 0 fully saturated rings. The molecule has 1 aromatic heterocycles. The lowest BCUT2D eigenvalue weighted by Gasteiger charge is -2.00. The van der Waals surface area contributed by atoms with Crippen LogP contribution in [-0.4, -0.2) is 5.11 Å². The minimum Gasteiger partial charge on any atom is -0.507 e. The van der Waals surface area contributed by atoms with Crippen LogP contribution < -0.4 is 0 Å². The smallest absolute Gasteiger partial charge is 0.126 e. The lowest BCUT2D eigenvalue weighted by atomic mass is 10.1. The quantitative estimate of drug-likeness (QED) is 0.738. The highest BCUT2D eigenvalue weighted by molar-refractivity contribution is 7.08. The summed E-state index contributed by atoms with van der Waals surface area (Å²) in [6.07, 6.45) is 0. The lowest BCUT2D eigenvalue weighted by molar-refractivity contribution is 0.471. The SMILES string of the molecule is Oc1cc(F)ccc1-c1ccsc1. The Morgan fingerprint density at radius 3 is 2.69 bits per heavy atom. The number of thiophene rings is 1. The molecule has 0 unspecified atom stereocenters. The minimum atomic E-state index is -0.420. The molecular formula is C10H7FOS. The van der Waals surface area contributed by atoms with Crippen molar-refractivity contribution >= 4 is 11.3 Å². The molecule has 1 N–H and O–H groups in total. The van der Waals surface area contributed by atoms with E-state index in [1.807, 2.05) is 16.8 Å². The summed E-state index contributed by atoms with van der Waals surface area (Å²) in [4.78, 5) is 0. The van der Waals surface area contributed by atoms with Gasteiger partial charge in [-0.25, -0.2) is 4.39 Å². The summed E-state index contributed by atoms with van der Waals surface area (Å²) in [6, 6.07) is 5.92. The predicted octanol–water partition coefficient (Wildman–Crippen LogP) is 3.26. The van der Waals surface area contributed by atoms with E-state index in [2.05, 4.69) is 0 Å². The van der Waals surface area contributed by atoms with Crippen LogP contribution in [0.15, 0.2) is 35.0 Å². The van der Waals surface area contributed by atoms with Crippen molar-refractivity contribution in [1.29, 1.82) is 0 Å². The van der Waals surface area contributed by atoms with Gasteiger partial charge in [0, 0.05) is 11.6 Å². The second-order valence-corrected chi connectivity index (χ2v) is 3.45. The summed E-state index contributed by atoms with van der Waals surface area (Å²) in [7, 11) is 0. The summed E-state index contributed by atoms with van der Waals surface area (Å²) < 4.78 is 12.6. The third kappa shape index (κ3) is 1.55. The monoisotopic (exact) mass is 194 g/mol. The number of halogens is 1. The number of rotatable bonds is 1. The van der Waals surface area contributed by atoms with Crippen LogP contribution in [0.3, 0.4) is 0 Å². The van der Waals surface area contributed by atoms with E-state index in [0.29, 0.717) is 5.56 Å². The fraction of sp³-hybridized carbons (Fsp3) is 0. The van der Waals surface area contributed by atoms with Crippen molar-refractivity contribution in [3.05, 3.63) is 40.8 Å². The van der Waals surface area contributed by atoms with Crippen LogP contribution in [0.1, 0.15) is 0 Å². The molecule has 0 atom stereocenters. The molecule has 1 heterocycles. The van der Waals surface area contributed by atoms with Crippen molar-refractivity contribution in [3.63, 3.8) is 0 Å². The number of hydrogen-bond acceptors (Lipinski definition) is 2. The first kappa shape index (κ1) is 8.26. The molecule has 0 saturated carbocycles. The Bertz CT molecular complexity index is 409. The second-order valence-electron chi connectivity index (χ2n) is 2.67. The highest BCUT2D eigenvalue weighted by Gasteiger charge is 2.04. The fourth-order valence-electron chi connectivity index (χ4n) is 1.17. The average molecular weight is 194 g/mol. The Morgan fingerprint density at radius 1 is 1.23 bits per heavy atom. The summed E-state index contributed by atoms with van der Waals surface area (Å²) in [5.41, 5.74) is 1.59. The molecule has 0 amide bonds. The Kier molecular flexibility index (Phi) is 2.02. The molecule has 1 nitrogen and oxygen atoms in total. The molecular weight excluding hydrogens is 187 g/mol. The molecule has 66 valence electrons. The first-order chi connectivity index (χ1) is 6.27. The maximum Gasteiger partial charge on any atom is 0.126 e. The molecule has 1 aromatic carbocycles. The number of phenols is 1. The van der Waals surface area contributed by atoms with E-state index in [9.17, 15) is 9.50 Å². The van der Waals surface area contributed by atoms with E-state index < -0.39 is 5.82 Å². The van der Waals surface area contributed by atoms with Gasteiger partial charge in [-0.1, -0.05) is 0 Å². The predicted molar refractivity (Wildman–Crippen MR) is 51.4 cm³/mol. The van der Waals surface area contributed by atoms with E-state index in [-0.39, 0.29) is 5.75 Å². The van der Waals surface area contributed by atoms with Crippen LogP contribution in [0.2, 0.25) is 0 Å². The zero-order valence-corrected chi connectivity index (χ0v) is 7.51. The molecule has 0 aliphatic heterocycles. The zero-order chi connectivity index (χ0) is 9.26. The average Bonchev–Trinajstić information content (AvgIpc) is 2.56. The van der Waals surface area contributed by atoms with E-state index in [1.54, 1.807) is 17.4 Å². The van der Waals surface area contributed by atoms with Crippen LogP contribution in [0.4, 0.5) is 4.39 Å². The molecule has 0 radical (unpaired) electrons. The molecule has 0 saturated heterocycles. The summed E-state index contributed by atoms with van der Waals surface area (Å²) in [5.74, 6) is -0.435. The number of hydrogen-bond donors (Lipinski definition) is 1. The van der Waals surface area contributed by atoms with E-state index in [1.165, 1.54) is 6.07 Å². The summed E-state index contributed by atoms with van der Waals surface area (Å²) in [6.45, 7) is 0. The van der Waals surface area contributed by atoms with E-state index in [0.717, 1.165) is 11.6 Å². The van der Waals surface area contributed by atoms with Gasteiger partial charge in [0.05, 0.1) is 0 Å². The maximum absolute atomic E-state index is 12.6. The van der Waals surface area contributed by atoms with E-state index in [4.69, 9.17) is 0 Å². The van der Waals surface area contributed by atoms with Gasteiger partial charge in [-0.3, -0.25) is 0 Å². The molecule has 0 bridgehead atoms. The Hall–Kier alpha value is -1.35. The molecule has 0 aliphatic carbocycles. The van der Waals surface area contributed by atoms with Gasteiger partial charge < -0.3 is 5.11 Å². The molecule has 0 aliphatic rings. The van der Waals surface area contributed by atoms with Gasteiger partial charge in [-0.2, -0.15) is 11.3 Å². The molecule has 2 aromatic rings. The van der Waals surface area contributed by atoms with Crippen LogP contribution in [0.5, 0.6) is 5.75 Å². The van der Waals surface area contributed by atoms with Crippen molar-refractivity contribution in [2.75, 3.05) is 0 Å². The van der Waals surface area contributed by atoms with Crippen molar-refractivity contribution < 1.29 is 9.50 Å². The van der Waals surface area contributed by atoms with Crippen molar-refractivity contribution in [2.24, 2.45) is 0 Å². The van der Waals surface area contributed by atoms with Crippen LogP contribution in [-0.2, 0) is 0 Å². The Morgan fingerprint density at radius 2 is 2.08 bits per heavy atom. The Balaban J connectivity index is 2.53. The van der Waals surface area contributed by atoms with Gasteiger partial charge in [0.1, 0.15) is 11.6 Å². The van der Waals surface area contributed by atoms with Gasteiger partial charge in [0.2, 0.25) is 0 Å². The van der Waals surface area contributed by atoms with Gasteiger partial charge in [-0.05, 0) is 34.5 Å². The summed E-state index contributed by atoms with van der Waals surface area (Å²) >= 11 is 1.54. The zero-order valence-electron chi connectivity index (χ0n) is 6.70. The highest BCUT2D eigenvalue weighted by Crippen LogP contribution is 2.30. The highest BCUT2D eigenvalue weighted by atomic mass is 32.1. The fourth-order valence-corrected chi connectivity index (χ4v) is 1.82. The first-order valence-corrected chi connectivity index (χ1v) is 4.73. The lowest BCUT2D eigenvalue weighted by Crippen LogP contribution is -1.78. The Labute approximate surface area is 79.1 Å². The van der Waals surface area contributed by atoms with Crippen LogP contribution >= 0.6 is 11.3 Å². The molecule has 3 heteroatoms. The standard InChI is InChI=1S/C10H7FOS/c11-8-1-2-9(10(12)5-8)7-3-4-13-6-7/h1-6,12H. The topological polar surface area (TPSA) is 20.2 Å². The third-order valence-electron chi connectivity index (χ3n) is 1.79. The van der Waals surface area contributed by atoms with E-state index >= 15 is 0 Å². The normalized spacial score (nSPS) is 10.2. The minimum absolute atomic E-state index is 0.0154. The second kappa shape index (κ2) is 3.18.